The van der Waals surface area contributed by atoms with Gasteiger partial charge in [-0.15, -0.1) is 12.4 Å². The van der Waals surface area contributed by atoms with E-state index in [0.29, 0.717) is 11.8 Å². The number of halogens is 1. The van der Waals surface area contributed by atoms with Crippen molar-refractivity contribution in [2.75, 3.05) is 46.4 Å². The van der Waals surface area contributed by atoms with Crippen LogP contribution >= 0.6 is 12.4 Å². The second-order valence-corrected chi connectivity index (χ2v) is 5.97. The van der Waals surface area contributed by atoms with Crippen LogP contribution in [0.3, 0.4) is 0 Å². The first-order valence-electron chi connectivity index (χ1n) is 7.79. The lowest BCUT2D eigenvalue weighted by atomic mass is 10.2. The molecule has 0 amide bonds. The average molecular weight is 328 g/mol. The van der Waals surface area contributed by atoms with Crippen LogP contribution in [0.15, 0.2) is 18.2 Å². The largest absolute Gasteiger partial charge is 0.504 e. The van der Waals surface area contributed by atoms with Crippen LogP contribution in [0.4, 0.5) is 0 Å². The van der Waals surface area contributed by atoms with Gasteiger partial charge in [0.25, 0.3) is 0 Å². The van der Waals surface area contributed by atoms with Gasteiger partial charge in [-0.2, -0.15) is 0 Å². The number of likely N-dealkylation sites (tertiary alicyclic amines) is 1. The molecule has 0 aliphatic carbocycles. The SMILES string of the molecule is COc1ccc(CN2CCC(N3CCNCC3)C2)cc1O.Cl. The molecule has 0 bridgehead atoms. The molecule has 1 aromatic rings. The molecule has 2 saturated heterocycles. The van der Waals surface area contributed by atoms with Crippen molar-refractivity contribution in [3.8, 4) is 11.5 Å². The summed E-state index contributed by atoms with van der Waals surface area (Å²) in [4.78, 5) is 5.09. The minimum absolute atomic E-state index is 0. The Balaban J connectivity index is 0.00000176. The highest BCUT2D eigenvalue weighted by molar-refractivity contribution is 5.85. The monoisotopic (exact) mass is 327 g/mol. The summed E-state index contributed by atoms with van der Waals surface area (Å²) in [5, 5.41) is 13.3. The molecule has 2 fully saturated rings. The molecule has 2 aliphatic rings. The summed E-state index contributed by atoms with van der Waals surface area (Å²) < 4.78 is 5.09. The van der Waals surface area contributed by atoms with Crippen molar-refractivity contribution in [3.63, 3.8) is 0 Å². The molecule has 0 radical (unpaired) electrons. The van der Waals surface area contributed by atoms with E-state index in [1.165, 1.54) is 19.5 Å². The summed E-state index contributed by atoms with van der Waals surface area (Å²) in [5.74, 6) is 0.770. The minimum atomic E-state index is 0. The predicted molar refractivity (Wildman–Crippen MR) is 90.0 cm³/mol. The van der Waals surface area contributed by atoms with Crippen molar-refractivity contribution < 1.29 is 9.84 Å². The number of rotatable bonds is 4. The van der Waals surface area contributed by atoms with Gasteiger partial charge in [0.1, 0.15) is 0 Å². The third-order valence-electron chi connectivity index (χ3n) is 4.56. The maximum atomic E-state index is 9.86. The molecule has 5 nitrogen and oxygen atoms in total. The summed E-state index contributed by atoms with van der Waals surface area (Å²) in [7, 11) is 1.58. The fourth-order valence-electron chi connectivity index (χ4n) is 3.39. The van der Waals surface area contributed by atoms with Crippen LogP contribution in [0.5, 0.6) is 11.5 Å². The van der Waals surface area contributed by atoms with Gasteiger partial charge in [0.05, 0.1) is 7.11 Å². The van der Waals surface area contributed by atoms with Crippen molar-refractivity contribution in [1.82, 2.24) is 15.1 Å². The molecule has 1 aromatic carbocycles. The van der Waals surface area contributed by atoms with Gasteiger partial charge >= 0.3 is 0 Å². The third-order valence-corrected chi connectivity index (χ3v) is 4.56. The number of nitrogens with one attached hydrogen (secondary N) is 1. The maximum Gasteiger partial charge on any atom is 0.160 e. The Hall–Kier alpha value is -1.01. The summed E-state index contributed by atoms with van der Waals surface area (Å²) in [6.45, 7) is 7.74. The molecular formula is C16H26ClN3O2. The Bertz CT molecular complexity index is 480. The summed E-state index contributed by atoms with van der Waals surface area (Å²) >= 11 is 0. The van der Waals surface area contributed by atoms with Gasteiger partial charge in [-0.3, -0.25) is 9.80 Å². The van der Waals surface area contributed by atoms with Gasteiger partial charge in [-0.25, -0.2) is 0 Å². The van der Waals surface area contributed by atoms with Crippen LogP contribution in [-0.4, -0.2) is 67.3 Å². The molecule has 1 unspecified atom stereocenters. The summed E-state index contributed by atoms with van der Waals surface area (Å²) in [5.41, 5.74) is 1.15. The second kappa shape index (κ2) is 8.02. The number of piperazine rings is 1. The fourth-order valence-corrected chi connectivity index (χ4v) is 3.39. The van der Waals surface area contributed by atoms with Crippen LogP contribution in [0.25, 0.3) is 0 Å². The minimum Gasteiger partial charge on any atom is -0.504 e. The van der Waals surface area contributed by atoms with E-state index in [0.717, 1.165) is 38.3 Å². The van der Waals surface area contributed by atoms with Crippen LogP contribution in [0.2, 0.25) is 0 Å². The molecular weight excluding hydrogens is 302 g/mol. The number of ether oxygens (including phenoxy) is 1. The van der Waals surface area contributed by atoms with Crippen LogP contribution in [0, 0.1) is 0 Å². The number of nitrogens with zero attached hydrogens (tertiary/aromatic N) is 2. The molecule has 3 rings (SSSR count). The Kier molecular flexibility index (Phi) is 6.32. The molecule has 6 heteroatoms. The van der Waals surface area contributed by atoms with E-state index in [1.807, 2.05) is 18.2 Å². The quantitative estimate of drug-likeness (QED) is 0.873. The van der Waals surface area contributed by atoms with E-state index < -0.39 is 0 Å². The zero-order chi connectivity index (χ0) is 14.7. The Labute approximate surface area is 138 Å². The van der Waals surface area contributed by atoms with Crippen LogP contribution in [0.1, 0.15) is 12.0 Å². The topological polar surface area (TPSA) is 48.0 Å². The first-order chi connectivity index (χ1) is 10.3. The number of benzene rings is 1. The van der Waals surface area contributed by atoms with Crippen molar-refractivity contribution in [3.05, 3.63) is 23.8 Å². The fraction of sp³-hybridized carbons (Fsp3) is 0.625. The molecule has 0 aromatic heterocycles. The lowest BCUT2D eigenvalue weighted by molar-refractivity contribution is 0.170. The molecule has 0 spiro atoms. The molecule has 1 atom stereocenters. The van der Waals surface area contributed by atoms with Crippen molar-refractivity contribution in [2.24, 2.45) is 0 Å². The highest BCUT2D eigenvalue weighted by Crippen LogP contribution is 2.27. The highest BCUT2D eigenvalue weighted by atomic mass is 35.5. The number of methoxy groups -OCH3 is 1. The van der Waals surface area contributed by atoms with E-state index >= 15 is 0 Å². The van der Waals surface area contributed by atoms with Crippen LogP contribution < -0.4 is 10.1 Å². The van der Waals surface area contributed by atoms with Gasteiger partial charge in [-0.05, 0) is 24.1 Å². The first kappa shape index (κ1) is 17.3. The molecule has 2 heterocycles. The van der Waals surface area contributed by atoms with E-state index in [4.69, 9.17) is 4.74 Å². The van der Waals surface area contributed by atoms with Gasteiger partial charge in [0.2, 0.25) is 0 Å². The zero-order valence-corrected chi connectivity index (χ0v) is 13.9. The zero-order valence-electron chi connectivity index (χ0n) is 13.1. The maximum absolute atomic E-state index is 9.86. The van der Waals surface area contributed by atoms with E-state index in [1.54, 1.807) is 7.11 Å². The Morgan fingerprint density at radius 3 is 2.73 bits per heavy atom. The van der Waals surface area contributed by atoms with Gasteiger partial charge in [0, 0.05) is 51.9 Å². The first-order valence-corrected chi connectivity index (χ1v) is 7.79. The smallest absolute Gasteiger partial charge is 0.160 e. The van der Waals surface area contributed by atoms with Crippen molar-refractivity contribution >= 4 is 12.4 Å². The standard InChI is InChI=1S/C16H25N3O2.ClH/c1-21-16-3-2-13(10-15(16)20)11-18-7-4-14(12-18)19-8-5-17-6-9-19;/h2-3,10,14,17,20H,4-9,11-12H2,1H3;1H. The van der Waals surface area contributed by atoms with Crippen molar-refractivity contribution in [1.29, 1.82) is 0 Å². The average Bonchev–Trinajstić information content (AvgIpc) is 2.97. The molecule has 0 saturated carbocycles. The number of hydrogen-bond donors (Lipinski definition) is 2. The molecule has 2 aliphatic heterocycles. The molecule has 22 heavy (non-hydrogen) atoms. The summed E-state index contributed by atoms with van der Waals surface area (Å²) in [6.07, 6.45) is 1.25. The molecule has 124 valence electrons. The molecule has 2 N–H and O–H groups in total. The van der Waals surface area contributed by atoms with E-state index in [9.17, 15) is 5.11 Å². The van der Waals surface area contributed by atoms with Gasteiger partial charge in [-0.1, -0.05) is 6.07 Å². The predicted octanol–water partition coefficient (Wildman–Crippen LogP) is 1.30. The van der Waals surface area contributed by atoms with E-state index in [2.05, 4.69) is 15.1 Å². The number of aromatic hydroxyl groups is 1. The third kappa shape index (κ3) is 4.04. The lowest BCUT2D eigenvalue weighted by Gasteiger charge is -2.32. The Morgan fingerprint density at radius 2 is 2.05 bits per heavy atom. The van der Waals surface area contributed by atoms with Crippen molar-refractivity contribution in [2.45, 2.75) is 19.0 Å². The lowest BCUT2D eigenvalue weighted by Crippen LogP contribution is -2.49. The summed E-state index contributed by atoms with van der Waals surface area (Å²) in [6, 6.07) is 6.39. The second-order valence-electron chi connectivity index (χ2n) is 5.97. The number of phenols is 1. The van der Waals surface area contributed by atoms with Gasteiger partial charge < -0.3 is 15.2 Å². The normalized spacial score (nSPS) is 23.2. The number of hydrogen-bond acceptors (Lipinski definition) is 5. The highest BCUT2D eigenvalue weighted by Gasteiger charge is 2.28. The van der Waals surface area contributed by atoms with Crippen LogP contribution in [-0.2, 0) is 6.54 Å². The number of phenolic OH excluding ortho intramolecular Hbond substituents is 1. The van der Waals surface area contributed by atoms with Gasteiger partial charge in [0.15, 0.2) is 11.5 Å². The Morgan fingerprint density at radius 1 is 1.27 bits per heavy atom. The van der Waals surface area contributed by atoms with E-state index in [-0.39, 0.29) is 18.2 Å².